The first-order chi connectivity index (χ1) is 12.4. The summed E-state index contributed by atoms with van der Waals surface area (Å²) in [5.74, 6) is 0.288. The maximum Gasteiger partial charge on any atom is 0.253 e. The van der Waals surface area contributed by atoms with Gasteiger partial charge in [-0.05, 0) is 56.8 Å². The molecule has 3 unspecified atom stereocenters. The van der Waals surface area contributed by atoms with Crippen LogP contribution in [0.3, 0.4) is 0 Å². The van der Waals surface area contributed by atoms with Gasteiger partial charge in [-0.1, -0.05) is 23.2 Å². The lowest BCUT2D eigenvalue weighted by Gasteiger charge is -2.35. The summed E-state index contributed by atoms with van der Waals surface area (Å²) in [5.41, 5.74) is 6.28. The number of amides is 2. The van der Waals surface area contributed by atoms with Gasteiger partial charge in [0.25, 0.3) is 5.91 Å². The van der Waals surface area contributed by atoms with E-state index in [4.69, 9.17) is 28.9 Å². The molecule has 3 atom stereocenters. The molecule has 2 N–H and O–H groups in total. The molecule has 2 amide bonds. The number of nitrogens with two attached hydrogens (primary N) is 1. The number of nitrogens with zero attached hydrogens (tertiary/aromatic N) is 2. The van der Waals surface area contributed by atoms with Crippen LogP contribution in [0.15, 0.2) is 18.2 Å². The number of benzene rings is 1. The highest BCUT2D eigenvalue weighted by molar-refractivity contribution is 6.42. The molecule has 0 bridgehead atoms. The molecule has 1 aromatic rings. The molecule has 2 aliphatic heterocycles. The van der Waals surface area contributed by atoms with Crippen molar-refractivity contribution in [2.75, 3.05) is 26.2 Å². The molecule has 5 nitrogen and oxygen atoms in total. The smallest absolute Gasteiger partial charge is 0.253 e. The molecule has 2 fully saturated rings. The van der Waals surface area contributed by atoms with E-state index in [2.05, 4.69) is 6.92 Å². The Morgan fingerprint density at radius 3 is 2.65 bits per heavy atom. The highest BCUT2D eigenvalue weighted by atomic mass is 35.5. The van der Waals surface area contributed by atoms with Crippen LogP contribution in [0.25, 0.3) is 0 Å². The lowest BCUT2D eigenvalue weighted by atomic mass is 9.95. The molecule has 0 aliphatic carbocycles. The topological polar surface area (TPSA) is 66.6 Å². The van der Waals surface area contributed by atoms with Crippen molar-refractivity contribution in [1.29, 1.82) is 0 Å². The largest absolute Gasteiger partial charge is 0.339 e. The summed E-state index contributed by atoms with van der Waals surface area (Å²) in [6.07, 6.45) is 2.60. The van der Waals surface area contributed by atoms with E-state index in [1.165, 1.54) is 0 Å². The first kappa shape index (κ1) is 19.5. The van der Waals surface area contributed by atoms with Crippen LogP contribution in [0, 0.1) is 11.8 Å². The SMILES string of the molecule is CC1CC(CN)CN1C(=O)C1CCCN(C(=O)c2ccc(Cl)c(Cl)c2)C1. The fraction of sp³-hybridized carbons (Fsp3) is 0.579. The van der Waals surface area contributed by atoms with Crippen LogP contribution in [0.1, 0.15) is 36.5 Å². The van der Waals surface area contributed by atoms with Gasteiger partial charge in [-0.25, -0.2) is 0 Å². The van der Waals surface area contributed by atoms with Crippen molar-refractivity contribution in [2.24, 2.45) is 17.6 Å². The second kappa shape index (κ2) is 8.15. The standard InChI is InChI=1S/C19H25Cl2N3O2/c1-12-7-13(9-22)10-24(12)19(26)15-3-2-6-23(11-15)18(25)14-4-5-16(20)17(21)8-14/h4-5,8,12-13,15H,2-3,6-7,9-11,22H2,1H3. The van der Waals surface area contributed by atoms with Crippen molar-refractivity contribution in [1.82, 2.24) is 9.80 Å². The Kier molecular flexibility index (Phi) is 6.10. The van der Waals surface area contributed by atoms with E-state index in [0.717, 1.165) is 25.8 Å². The summed E-state index contributed by atoms with van der Waals surface area (Å²) in [6.45, 7) is 4.53. The van der Waals surface area contributed by atoms with Gasteiger partial charge in [0, 0.05) is 31.2 Å². The first-order valence-corrected chi connectivity index (χ1v) is 9.91. The molecule has 3 rings (SSSR count). The second-order valence-corrected chi connectivity index (χ2v) is 8.21. The predicted octanol–water partition coefficient (Wildman–Crippen LogP) is 3.04. The average Bonchev–Trinajstić information content (AvgIpc) is 3.03. The third-order valence-electron chi connectivity index (χ3n) is 5.50. The minimum atomic E-state index is -0.144. The number of hydrogen-bond acceptors (Lipinski definition) is 3. The van der Waals surface area contributed by atoms with Crippen LogP contribution in [-0.4, -0.2) is 53.8 Å². The molecule has 2 heterocycles. The zero-order valence-electron chi connectivity index (χ0n) is 15.0. The minimum absolute atomic E-state index is 0.102. The molecule has 0 aromatic heterocycles. The van der Waals surface area contributed by atoms with Crippen molar-refractivity contribution in [3.05, 3.63) is 33.8 Å². The minimum Gasteiger partial charge on any atom is -0.339 e. The highest BCUT2D eigenvalue weighted by Crippen LogP contribution is 2.28. The Bertz CT molecular complexity index is 697. The first-order valence-electron chi connectivity index (χ1n) is 9.15. The maximum atomic E-state index is 13.0. The monoisotopic (exact) mass is 397 g/mol. The third kappa shape index (κ3) is 4.00. The molecular formula is C19H25Cl2N3O2. The molecule has 0 radical (unpaired) electrons. The van der Waals surface area contributed by atoms with Crippen LogP contribution < -0.4 is 5.73 Å². The zero-order chi connectivity index (χ0) is 18.8. The van der Waals surface area contributed by atoms with Gasteiger partial charge in [-0.2, -0.15) is 0 Å². The van der Waals surface area contributed by atoms with Crippen LogP contribution in [-0.2, 0) is 4.79 Å². The Labute approximate surface area is 164 Å². The Balaban J connectivity index is 1.68. The normalized spacial score (nSPS) is 26.2. The average molecular weight is 398 g/mol. The van der Waals surface area contributed by atoms with Crippen LogP contribution >= 0.6 is 23.2 Å². The number of likely N-dealkylation sites (tertiary alicyclic amines) is 2. The van der Waals surface area contributed by atoms with Gasteiger partial charge in [0.05, 0.1) is 16.0 Å². The Morgan fingerprint density at radius 2 is 2.00 bits per heavy atom. The summed E-state index contributed by atoms with van der Waals surface area (Å²) < 4.78 is 0. The summed E-state index contributed by atoms with van der Waals surface area (Å²) in [4.78, 5) is 29.5. The maximum absolute atomic E-state index is 13.0. The number of carbonyl (C=O) groups is 2. The molecule has 1 aromatic carbocycles. The van der Waals surface area contributed by atoms with Gasteiger partial charge in [0.1, 0.15) is 0 Å². The molecule has 26 heavy (non-hydrogen) atoms. The fourth-order valence-corrected chi connectivity index (χ4v) is 4.33. The van der Waals surface area contributed by atoms with E-state index >= 15 is 0 Å². The predicted molar refractivity (Wildman–Crippen MR) is 103 cm³/mol. The molecule has 142 valence electrons. The summed E-state index contributed by atoms with van der Waals surface area (Å²) in [7, 11) is 0. The van der Waals surface area contributed by atoms with E-state index in [-0.39, 0.29) is 23.8 Å². The van der Waals surface area contributed by atoms with Crippen molar-refractivity contribution in [3.63, 3.8) is 0 Å². The number of hydrogen-bond donors (Lipinski definition) is 1. The van der Waals surface area contributed by atoms with Crippen LogP contribution in [0.5, 0.6) is 0 Å². The van der Waals surface area contributed by atoms with Gasteiger partial charge in [0.15, 0.2) is 0 Å². The van der Waals surface area contributed by atoms with Gasteiger partial charge in [-0.3, -0.25) is 9.59 Å². The number of piperidine rings is 1. The molecule has 7 heteroatoms. The highest BCUT2D eigenvalue weighted by Gasteiger charge is 2.37. The lowest BCUT2D eigenvalue weighted by molar-refractivity contribution is -0.137. The van der Waals surface area contributed by atoms with Gasteiger partial charge < -0.3 is 15.5 Å². The summed E-state index contributed by atoms with van der Waals surface area (Å²) in [5, 5.41) is 0.785. The van der Waals surface area contributed by atoms with Crippen LogP contribution in [0.4, 0.5) is 0 Å². The van der Waals surface area contributed by atoms with E-state index in [9.17, 15) is 9.59 Å². The molecule has 2 saturated heterocycles. The Morgan fingerprint density at radius 1 is 1.23 bits per heavy atom. The molecule has 0 saturated carbocycles. The molecular weight excluding hydrogens is 373 g/mol. The van der Waals surface area contributed by atoms with Crippen molar-refractivity contribution in [3.8, 4) is 0 Å². The summed E-state index contributed by atoms with van der Waals surface area (Å²) >= 11 is 12.0. The van der Waals surface area contributed by atoms with E-state index < -0.39 is 0 Å². The van der Waals surface area contributed by atoms with E-state index in [0.29, 0.717) is 41.2 Å². The van der Waals surface area contributed by atoms with Gasteiger partial charge >= 0.3 is 0 Å². The van der Waals surface area contributed by atoms with Crippen molar-refractivity contribution >= 4 is 35.0 Å². The molecule has 0 spiro atoms. The van der Waals surface area contributed by atoms with Crippen molar-refractivity contribution in [2.45, 2.75) is 32.2 Å². The lowest BCUT2D eigenvalue weighted by Crippen LogP contribution is -2.47. The number of rotatable bonds is 3. The van der Waals surface area contributed by atoms with Crippen molar-refractivity contribution < 1.29 is 9.59 Å². The van der Waals surface area contributed by atoms with Gasteiger partial charge in [0.2, 0.25) is 5.91 Å². The third-order valence-corrected chi connectivity index (χ3v) is 6.24. The second-order valence-electron chi connectivity index (χ2n) is 7.40. The van der Waals surface area contributed by atoms with Gasteiger partial charge in [-0.15, -0.1) is 0 Å². The number of halogens is 2. The Hall–Kier alpha value is -1.30. The zero-order valence-corrected chi connectivity index (χ0v) is 16.5. The van der Waals surface area contributed by atoms with Crippen LogP contribution in [0.2, 0.25) is 10.0 Å². The van der Waals surface area contributed by atoms with E-state index in [1.54, 1.807) is 23.1 Å². The summed E-state index contributed by atoms with van der Waals surface area (Å²) in [6, 6.07) is 5.11. The fourth-order valence-electron chi connectivity index (χ4n) is 4.03. The number of carbonyl (C=O) groups excluding carboxylic acids is 2. The van der Waals surface area contributed by atoms with E-state index in [1.807, 2.05) is 4.90 Å². The quantitative estimate of drug-likeness (QED) is 0.851. The molecule has 2 aliphatic rings.